The molecular weight excluding hydrogens is 254 g/mol. The topological polar surface area (TPSA) is 49.8 Å². The monoisotopic (exact) mass is 275 g/mol. The van der Waals surface area contributed by atoms with Crippen molar-refractivity contribution in [2.45, 2.75) is 25.6 Å². The van der Waals surface area contributed by atoms with Gasteiger partial charge in [0.05, 0.1) is 12.6 Å². The summed E-state index contributed by atoms with van der Waals surface area (Å²) in [5.74, 6) is 0.200. The van der Waals surface area contributed by atoms with Crippen LogP contribution in [-0.2, 0) is 11.3 Å². The second kappa shape index (κ2) is 7.10. The highest BCUT2D eigenvalue weighted by Crippen LogP contribution is 2.22. The number of β-amino-alcohol motifs (C(OH)–C–C–N with tert-alkyl or cyclic N) is 1. The van der Waals surface area contributed by atoms with Gasteiger partial charge >= 0.3 is 6.09 Å². The molecule has 4 heteroatoms. The standard InChI is InChI=1S/C16H21NO3/c1-2-6-14-9-10-17(11-15(14)18)16(19)20-12-13-7-4-3-5-8-13/h2-5,7-8,14-15,18H,1,6,9-12H2/t14-,15-/m0/s1. The fourth-order valence-corrected chi connectivity index (χ4v) is 2.45. The maximum atomic E-state index is 12.0. The molecule has 0 radical (unpaired) electrons. The van der Waals surface area contributed by atoms with Crippen molar-refractivity contribution < 1.29 is 14.6 Å². The fourth-order valence-electron chi connectivity index (χ4n) is 2.45. The van der Waals surface area contributed by atoms with Crippen LogP contribution in [0.25, 0.3) is 0 Å². The molecule has 1 heterocycles. The molecule has 1 fully saturated rings. The Bertz CT molecular complexity index is 446. The van der Waals surface area contributed by atoms with E-state index in [4.69, 9.17) is 4.74 Å². The van der Waals surface area contributed by atoms with Crippen LogP contribution in [0.15, 0.2) is 43.0 Å². The minimum absolute atomic E-state index is 0.200. The second-order valence-electron chi connectivity index (χ2n) is 5.13. The van der Waals surface area contributed by atoms with E-state index in [2.05, 4.69) is 6.58 Å². The molecule has 108 valence electrons. The Labute approximate surface area is 119 Å². The number of likely N-dealkylation sites (tertiary alicyclic amines) is 1. The number of aliphatic hydroxyl groups excluding tert-OH is 1. The van der Waals surface area contributed by atoms with Crippen LogP contribution >= 0.6 is 0 Å². The van der Waals surface area contributed by atoms with E-state index in [1.54, 1.807) is 4.90 Å². The number of rotatable bonds is 4. The molecule has 0 saturated carbocycles. The third-order valence-electron chi connectivity index (χ3n) is 3.65. The van der Waals surface area contributed by atoms with Crippen LogP contribution in [-0.4, -0.2) is 35.3 Å². The zero-order valence-corrected chi connectivity index (χ0v) is 11.6. The summed E-state index contributed by atoms with van der Waals surface area (Å²) in [5.41, 5.74) is 0.961. The summed E-state index contributed by atoms with van der Waals surface area (Å²) in [5, 5.41) is 10.0. The molecule has 2 rings (SSSR count). The smallest absolute Gasteiger partial charge is 0.410 e. The Balaban J connectivity index is 1.80. The van der Waals surface area contributed by atoms with Crippen molar-refractivity contribution in [2.24, 2.45) is 5.92 Å². The molecular formula is C16H21NO3. The number of amides is 1. The van der Waals surface area contributed by atoms with Gasteiger partial charge in [-0.15, -0.1) is 6.58 Å². The fraction of sp³-hybridized carbons (Fsp3) is 0.438. The SMILES string of the molecule is C=CC[C@H]1CCN(C(=O)OCc2ccccc2)C[C@@H]1O. The summed E-state index contributed by atoms with van der Waals surface area (Å²) in [6.07, 6.45) is 2.54. The largest absolute Gasteiger partial charge is 0.445 e. The molecule has 4 nitrogen and oxygen atoms in total. The lowest BCUT2D eigenvalue weighted by Crippen LogP contribution is -2.46. The maximum Gasteiger partial charge on any atom is 0.410 e. The Morgan fingerprint density at radius 3 is 2.85 bits per heavy atom. The third-order valence-corrected chi connectivity index (χ3v) is 3.65. The van der Waals surface area contributed by atoms with Gasteiger partial charge in [-0.2, -0.15) is 0 Å². The van der Waals surface area contributed by atoms with Gasteiger partial charge in [0.2, 0.25) is 0 Å². The highest BCUT2D eigenvalue weighted by molar-refractivity contribution is 5.67. The van der Waals surface area contributed by atoms with Crippen LogP contribution in [0.4, 0.5) is 4.79 Å². The van der Waals surface area contributed by atoms with Crippen LogP contribution in [0.3, 0.4) is 0 Å². The molecule has 20 heavy (non-hydrogen) atoms. The summed E-state index contributed by atoms with van der Waals surface area (Å²) in [6, 6.07) is 9.57. The van der Waals surface area contributed by atoms with Crippen molar-refractivity contribution in [3.8, 4) is 0 Å². The molecule has 1 N–H and O–H groups in total. The number of hydrogen-bond acceptors (Lipinski definition) is 3. The van der Waals surface area contributed by atoms with Crippen LogP contribution in [0.2, 0.25) is 0 Å². The number of piperidine rings is 1. The molecule has 0 spiro atoms. The Morgan fingerprint density at radius 2 is 2.20 bits per heavy atom. The van der Waals surface area contributed by atoms with E-state index in [1.807, 2.05) is 36.4 Å². The average molecular weight is 275 g/mol. The van der Waals surface area contributed by atoms with E-state index in [0.717, 1.165) is 18.4 Å². The van der Waals surface area contributed by atoms with Gasteiger partial charge in [0, 0.05) is 6.54 Å². The van der Waals surface area contributed by atoms with E-state index in [0.29, 0.717) is 13.1 Å². The second-order valence-corrected chi connectivity index (χ2v) is 5.13. The minimum Gasteiger partial charge on any atom is -0.445 e. The van der Waals surface area contributed by atoms with E-state index in [1.165, 1.54) is 0 Å². The van der Waals surface area contributed by atoms with Gasteiger partial charge in [-0.25, -0.2) is 4.79 Å². The van der Waals surface area contributed by atoms with Gasteiger partial charge in [-0.05, 0) is 24.3 Å². The Kier molecular flexibility index (Phi) is 5.18. The average Bonchev–Trinajstić information content (AvgIpc) is 2.48. The lowest BCUT2D eigenvalue weighted by Gasteiger charge is -2.34. The number of aliphatic hydroxyl groups is 1. The van der Waals surface area contributed by atoms with Crippen molar-refractivity contribution in [2.75, 3.05) is 13.1 Å². The predicted molar refractivity (Wildman–Crippen MR) is 77.1 cm³/mol. The number of carbonyl (C=O) groups is 1. The molecule has 1 aliphatic heterocycles. The molecule has 0 unspecified atom stereocenters. The van der Waals surface area contributed by atoms with E-state index in [9.17, 15) is 9.90 Å². The molecule has 1 amide bonds. The Hall–Kier alpha value is -1.81. The highest BCUT2D eigenvalue weighted by atomic mass is 16.6. The summed E-state index contributed by atoms with van der Waals surface area (Å²) in [4.78, 5) is 13.5. The first-order chi connectivity index (χ1) is 9.70. The molecule has 0 bridgehead atoms. The number of ether oxygens (including phenoxy) is 1. The van der Waals surface area contributed by atoms with Crippen molar-refractivity contribution in [1.29, 1.82) is 0 Å². The molecule has 1 aromatic rings. The van der Waals surface area contributed by atoms with Crippen molar-refractivity contribution >= 4 is 6.09 Å². The van der Waals surface area contributed by atoms with E-state index < -0.39 is 6.10 Å². The molecule has 2 atom stereocenters. The van der Waals surface area contributed by atoms with Gasteiger partial charge < -0.3 is 14.7 Å². The molecule has 0 aromatic heterocycles. The summed E-state index contributed by atoms with van der Waals surface area (Å²) < 4.78 is 5.27. The van der Waals surface area contributed by atoms with Crippen molar-refractivity contribution in [3.63, 3.8) is 0 Å². The normalized spacial score (nSPS) is 22.4. The number of nitrogens with zero attached hydrogens (tertiary/aromatic N) is 1. The number of allylic oxidation sites excluding steroid dienone is 1. The summed E-state index contributed by atoms with van der Waals surface area (Å²) in [7, 11) is 0. The zero-order chi connectivity index (χ0) is 14.4. The maximum absolute atomic E-state index is 12.0. The van der Waals surface area contributed by atoms with E-state index >= 15 is 0 Å². The van der Waals surface area contributed by atoms with Gasteiger partial charge in [-0.3, -0.25) is 0 Å². The van der Waals surface area contributed by atoms with E-state index in [-0.39, 0.29) is 18.6 Å². The molecule has 1 aromatic carbocycles. The first kappa shape index (κ1) is 14.6. The third kappa shape index (κ3) is 3.84. The summed E-state index contributed by atoms with van der Waals surface area (Å²) >= 11 is 0. The zero-order valence-electron chi connectivity index (χ0n) is 11.6. The van der Waals surface area contributed by atoms with Crippen molar-refractivity contribution in [1.82, 2.24) is 4.90 Å². The predicted octanol–water partition coefficient (Wildman–Crippen LogP) is 2.58. The van der Waals surface area contributed by atoms with Crippen LogP contribution in [0, 0.1) is 5.92 Å². The van der Waals surface area contributed by atoms with Gasteiger partial charge in [0.15, 0.2) is 0 Å². The highest BCUT2D eigenvalue weighted by Gasteiger charge is 2.29. The van der Waals surface area contributed by atoms with Gasteiger partial charge in [0.25, 0.3) is 0 Å². The first-order valence-corrected chi connectivity index (χ1v) is 6.95. The molecule has 0 aliphatic carbocycles. The quantitative estimate of drug-likeness (QED) is 0.859. The summed E-state index contributed by atoms with van der Waals surface area (Å²) in [6.45, 7) is 4.92. The molecule has 1 aliphatic rings. The Morgan fingerprint density at radius 1 is 1.45 bits per heavy atom. The lowest BCUT2D eigenvalue weighted by molar-refractivity contribution is 0.0146. The van der Waals surface area contributed by atoms with Crippen LogP contribution in [0.1, 0.15) is 18.4 Å². The van der Waals surface area contributed by atoms with Gasteiger partial charge in [-0.1, -0.05) is 36.4 Å². The van der Waals surface area contributed by atoms with Gasteiger partial charge in [0.1, 0.15) is 6.61 Å². The molecule has 1 saturated heterocycles. The number of benzene rings is 1. The van der Waals surface area contributed by atoms with Crippen LogP contribution in [0.5, 0.6) is 0 Å². The lowest BCUT2D eigenvalue weighted by atomic mass is 9.91. The first-order valence-electron chi connectivity index (χ1n) is 6.95. The van der Waals surface area contributed by atoms with Crippen LogP contribution < -0.4 is 0 Å². The number of carbonyl (C=O) groups excluding carboxylic acids is 1. The van der Waals surface area contributed by atoms with Crippen molar-refractivity contribution in [3.05, 3.63) is 48.6 Å². The number of hydrogen-bond donors (Lipinski definition) is 1. The minimum atomic E-state index is -0.494.